The number of carbonyl (C=O) groups excluding carboxylic acids is 2. The zero-order valence-electron chi connectivity index (χ0n) is 24.1. The van der Waals surface area contributed by atoms with E-state index in [0.717, 1.165) is 30.4 Å². The molecule has 0 aromatic heterocycles. The van der Waals surface area contributed by atoms with Crippen molar-refractivity contribution >= 4 is 11.9 Å². The van der Waals surface area contributed by atoms with Gasteiger partial charge in [-0.25, -0.2) is 0 Å². The van der Waals surface area contributed by atoms with E-state index in [1.54, 1.807) is 12.1 Å². The SMILES string of the molecule is CCCCCCCCCCCCCCCCC(=O)Oc1ccc(-c2ccc(OC(=O)C(C)CC)cc2)cc1. The lowest BCUT2D eigenvalue weighted by atomic mass is 10.0. The molecule has 38 heavy (non-hydrogen) atoms. The molecule has 0 aliphatic rings. The van der Waals surface area contributed by atoms with Crippen LogP contribution in [0.2, 0.25) is 0 Å². The van der Waals surface area contributed by atoms with E-state index in [2.05, 4.69) is 6.92 Å². The molecule has 0 saturated carbocycles. The van der Waals surface area contributed by atoms with Crippen LogP contribution < -0.4 is 9.47 Å². The molecule has 2 aromatic carbocycles. The molecule has 0 aliphatic carbocycles. The number of benzene rings is 2. The molecule has 1 unspecified atom stereocenters. The molecule has 1 atom stereocenters. The van der Waals surface area contributed by atoms with Gasteiger partial charge in [-0.2, -0.15) is 0 Å². The molecule has 0 aliphatic heterocycles. The molecule has 0 fully saturated rings. The second-order valence-electron chi connectivity index (χ2n) is 10.6. The minimum absolute atomic E-state index is 0.112. The molecule has 2 rings (SSSR count). The highest BCUT2D eigenvalue weighted by Crippen LogP contribution is 2.25. The quantitative estimate of drug-likeness (QED) is 0.0986. The standard InChI is InChI=1S/C34H50O4/c1-4-6-7-8-9-10-11-12-13-14-15-16-17-18-19-33(35)37-31-24-20-29(21-25-31)30-22-26-32(27-23-30)38-34(36)28(3)5-2/h20-28H,4-19H2,1-3H3. The van der Waals surface area contributed by atoms with Gasteiger partial charge >= 0.3 is 11.9 Å². The van der Waals surface area contributed by atoms with Crippen molar-refractivity contribution in [3.8, 4) is 22.6 Å². The minimum Gasteiger partial charge on any atom is -0.427 e. The number of hydrogen-bond acceptors (Lipinski definition) is 4. The van der Waals surface area contributed by atoms with Gasteiger partial charge in [0, 0.05) is 6.42 Å². The predicted octanol–water partition coefficient (Wildman–Crippen LogP) is 10.1. The molecule has 0 spiro atoms. The third kappa shape index (κ3) is 13.3. The molecule has 0 N–H and O–H groups in total. The van der Waals surface area contributed by atoms with Crippen molar-refractivity contribution in [2.24, 2.45) is 5.92 Å². The Labute approximate surface area is 231 Å². The highest BCUT2D eigenvalue weighted by atomic mass is 16.5. The molecular formula is C34H50O4. The first kappa shape index (κ1) is 31.6. The molecule has 0 radical (unpaired) electrons. The van der Waals surface area contributed by atoms with E-state index in [1.807, 2.05) is 50.2 Å². The number of hydrogen-bond donors (Lipinski definition) is 0. The molecular weight excluding hydrogens is 472 g/mol. The predicted molar refractivity (Wildman–Crippen MR) is 158 cm³/mol. The van der Waals surface area contributed by atoms with Gasteiger partial charge in [-0.1, -0.05) is 129 Å². The first-order chi connectivity index (χ1) is 18.5. The highest BCUT2D eigenvalue weighted by molar-refractivity contribution is 5.75. The summed E-state index contributed by atoms with van der Waals surface area (Å²) >= 11 is 0. The zero-order valence-corrected chi connectivity index (χ0v) is 24.1. The fourth-order valence-corrected chi connectivity index (χ4v) is 4.46. The molecule has 4 heteroatoms. The lowest BCUT2D eigenvalue weighted by Crippen LogP contribution is -2.16. The van der Waals surface area contributed by atoms with Crippen LogP contribution in [-0.2, 0) is 9.59 Å². The van der Waals surface area contributed by atoms with Gasteiger partial charge < -0.3 is 9.47 Å². The van der Waals surface area contributed by atoms with Crippen molar-refractivity contribution < 1.29 is 19.1 Å². The lowest BCUT2D eigenvalue weighted by Gasteiger charge is -2.10. The van der Waals surface area contributed by atoms with Crippen LogP contribution in [-0.4, -0.2) is 11.9 Å². The largest absolute Gasteiger partial charge is 0.427 e. The average molecular weight is 523 g/mol. The van der Waals surface area contributed by atoms with Crippen LogP contribution >= 0.6 is 0 Å². The van der Waals surface area contributed by atoms with Crippen LogP contribution in [0.25, 0.3) is 11.1 Å². The molecule has 0 heterocycles. The van der Waals surface area contributed by atoms with E-state index in [4.69, 9.17) is 9.47 Å². The van der Waals surface area contributed by atoms with Gasteiger partial charge in [0.2, 0.25) is 0 Å². The van der Waals surface area contributed by atoms with Crippen molar-refractivity contribution in [3.05, 3.63) is 48.5 Å². The van der Waals surface area contributed by atoms with E-state index in [9.17, 15) is 9.59 Å². The molecule has 2 aromatic rings. The molecule has 0 amide bonds. The maximum Gasteiger partial charge on any atom is 0.314 e. The number of esters is 2. The summed E-state index contributed by atoms with van der Waals surface area (Å²) < 4.78 is 10.9. The Bertz CT molecular complexity index is 901. The minimum atomic E-state index is -0.208. The Morgan fingerprint density at radius 2 is 0.974 bits per heavy atom. The first-order valence-corrected chi connectivity index (χ1v) is 15.2. The maximum absolute atomic E-state index is 12.2. The third-order valence-corrected chi connectivity index (χ3v) is 7.24. The van der Waals surface area contributed by atoms with Crippen LogP contribution in [0.4, 0.5) is 0 Å². The summed E-state index contributed by atoms with van der Waals surface area (Å²) in [4.78, 5) is 24.2. The maximum atomic E-state index is 12.2. The molecule has 0 bridgehead atoms. The lowest BCUT2D eigenvalue weighted by molar-refractivity contribution is -0.138. The second-order valence-corrected chi connectivity index (χ2v) is 10.6. The summed E-state index contributed by atoms with van der Waals surface area (Å²) in [5.41, 5.74) is 2.02. The highest BCUT2D eigenvalue weighted by Gasteiger charge is 2.13. The van der Waals surface area contributed by atoms with E-state index in [-0.39, 0.29) is 17.9 Å². The van der Waals surface area contributed by atoms with Gasteiger partial charge in [0.05, 0.1) is 5.92 Å². The summed E-state index contributed by atoms with van der Waals surface area (Å²) in [6.07, 6.45) is 19.5. The van der Waals surface area contributed by atoms with E-state index in [0.29, 0.717) is 17.9 Å². The van der Waals surface area contributed by atoms with Crippen molar-refractivity contribution in [2.45, 2.75) is 124 Å². The van der Waals surface area contributed by atoms with Crippen molar-refractivity contribution in [3.63, 3.8) is 0 Å². The van der Waals surface area contributed by atoms with Gasteiger partial charge in [-0.3, -0.25) is 9.59 Å². The monoisotopic (exact) mass is 522 g/mol. The molecule has 4 nitrogen and oxygen atoms in total. The smallest absolute Gasteiger partial charge is 0.314 e. The number of rotatable bonds is 20. The summed E-state index contributed by atoms with van der Waals surface area (Å²) in [6.45, 7) is 6.10. The van der Waals surface area contributed by atoms with E-state index in [1.165, 1.54) is 77.0 Å². The summed E-state index contributed by atoms with van der Waals surface area (Å²) in [5.74, 6) is 0.639. The fraction of sp³-hybridized carbons (Fsp3) is 0.588. The van der Waals surface area contributed by atoms with Crippen LogP contribution in [0, 0.1) is 5.92 Å². The van der Waals surface area contributed by atoms with E-state index >= 15 is 0 Å². The second kappa shape index (κ2) is 19.4. The van der Waals surface area contributed by atoms with E-state index < -0.39 is 0 Å². The van der Waals surface area contributed by atoms with Crippen LogP contribution in [0.5, 0.6) is 11.5 Å². The normalized spacial score (nSPS) is 11.8. The van der Waals surface area contributed by atoms with Gasteiger partial charge in [-0.15, -0.1) is 0 Å². The topological polar surface area (TPSA) is 52.6 Å². The summed E-state index contributed by atoms with van der Waals surface area (Å²) in [5, 5.41) is 0. The first-order valence-electron chi connectivity index (χ1n) is 15.2. The Kier molecular flexibility index (Phi) is 16.2. The van der Waals surface area contributed by atoms with Crippen molar-refractivity contribution in [2.75, 3.05) is 0 Å². The summed E-state index contributed by atoms with van der Waals surface area (Å²) in [7, 11) is 0. The van der Waals surface area contributed by atoms with Crippen LogP contribution in [0.3, 0.4) is 0 Å². The number of carbonyl (C=O) groups is 2. The van der Waals surface area contributed by atoms with Gasteiger partial charge in [0.15, 0.2) is 0 Å². The van der Waals surface area contributed by atoms with Crippen LogP contribution in [0.15, 0.2) is 48.5 Å². The Hall–Kier alpha value is -2.62. The summed E-state index contributed by atoms with van der Waals surface area (Å²) in [6, 6.07) is 15.0. The Morgan fingerprint density at radius 3 is 1.39 bits per heavy atom. The van der Waals surface area contributed by atoms with Crippen molar-refractivity contribution in [1.29, 1.82) is 0 Å². The molecule has 0 saturated heterocycles. The van der Waals surface area contributed by atoms with Crippen molar-refractivity contribution in [1.82, 2.24) is 0 Å². The Balaban J connectivity index is 1.55. The van der Waals surface area contributed by atoms with Gasteiger partial charge in [0.1, 0.15) is 11.5 Å². The zero-order chi connectivity index (χ0) is 27.4. The average Bonchev–Trinajstić information content (AvgIpc) is 2.93. The van der Waals surface area contributed by atoms with Gasteiger partial charge in [-0.05, 0) is 48.2 Å². The molecule has 210 valence electrons. The van der Waals surface area contributed by atoms with Gasteiger partial charge in [0.25, 0.3) is 0 Å². The number of unbranched alkanes of at least 4 members (excludes halogenated alkanes) is 13. The fourth-order valence-electron chi connectivity index (χ4n) is 4.46. The van der Waals surface area contributed by atoms with Crippen LogP contribution in [0.1, 0.15) is 124 Å². The third-order valence-electron chi connectivity index (χ3n) is 7.24. The Morgan fingerprint density at radius 1 is 0.579 bits per heavy atom. The number of ether oxygens (including phenoxy) is 2.